The smallest absolute Gasteiger partial charge is 0.261 e. The van der Waals surface area contributed by atoms with E-state index in [0.29, 0.717) is 6.04 Å². The zero-order valence-corrected chi connectivity index (χ0v) is 11.8. The second kappa shape index (κ2) is 4.63. The number of benzene rings is 1. The minimum absolute atomic E-state index is 0.0530. The average Bonchev–Trinajstić information content (AvgIpc) is 2.97. The number of fused-ring (bicyclic) bond motifs is 1. The van der Waals surface area contributed by atoms with E-state index in [1.54, 1.807) is 0 Å². The first-order valence-corrected chi connectivity index (χ1v) is 7.79. The molecule has 1 aromatic heterocycles. The summed E-state index contributed by atoms with van der Waals surface area (Å²) in [6.45, 7) is 0.757. The fourth-order valence-corrected chi connectivity index (χ4v) is 3.43. The molecular formula is C16H15NO2S. The maximum Gasteiger partial charge on any atom is 0.261 e. The number of amides is 1. The topological polar surface area (TPSA) is 38.3 Å². The highest BCUT2D eigenvalue weighted by molar-refractivity contribution is 7.17. The van der Waals surface area contributed by atoms with Gasteiger partial charge < -0.3 is 10.1 Å². The van der Waals surface area contributed by atoms with E-state index in [1.165, 1.54) is 16.9 Å². The van der Waals surface area contributed by atoms with Crippen molar-refractivity contribution in [1.82, 2.24) is 5.32 Å². The van der Waals surface area contributed by atoms with Crippen molar-refractivity contribution in [3.05, 3.63) is 40.8 Å². The SMILES string of the molecule is O=C(NC1CC1)c1ccc(-c2cccc3c2OCC3)s1. The zero-order chi connectivity index (χ0) is 13.5. The molecule has 2 heterocycles. The van der Waals surface area contributed by atoms with Crippen LogP contribution >= 0.6 is 11.3 Å². The highest BCUT2D eigenvalue weighted by Crippen LogP contribution is 2.39. The number of carbonyl (C=O) groups excluding carboxylic acids is 1. The van der Waals surface area contributed by atoms with E-state index in [-0.39, 0.29) is 5.91 Å². The van der Waals surface area contributed by atoms with Crippen LogP contribution in [0.4, 0.5) is 0 Å². The summed E-state index contributed by atoms with van der Waals surface area (Å²) >= 11 is 1.54. The zero-order valence-electron chi connectivity index (χ0n) is 11.0. The van der Waals surface area contributed by atoms with E-state index >= 15 is 0 Å². The summed E-state index contributed by atoms with van der Waals surface area (Å²) in [4.78, 5) is 13.9. The fourth-order valence-electron chi connectivity index (χ4n) is 2.50. The Balaban J connectivity index is 1.64. The van der Waals surface area contributed by atoms with Gasteiger partial charge in [-0.3, -0.25) is 4.79 Å². The second-order valence-electron chi connectivity index (χ2n) is 5.30. The third-order valence-corrected chi connectivity index (χ3v) is 4.84. The van der Waals surface area contributed by atoms with Crippen LogP contribution in [0.25, 0.3) is 10.4 Å². The maximum atomic E-state index is 12.0. The van der Waals surface area contributed by atoms with Crippen molar-refractivity contribution >= 4 is 17.2 Å². The molecule has 1 amide bonds. The van der Waals surface area contributed by atoms with Gasteiger partial charge in [0.1, 0.15) is 5.75 Å². The Morgan fingerprint density at radius 1 is 1.25 bits per heavy atom. The van der Waals surface area contributed by atoms with Gasteiger partial charge in [0.25, 0.3) is 5.91 Å². The molecule has 0 unspecified atom stereocenters. The Kier molecular flexibility index (Phi) is 2.77. The van der Waals surface area contributed by atoms with Crippen molar-refractivity contribution in [2.75, 3.05) is 6.61 Å². The number of para-hydroxylation sites is 1. The molecule has 0 atom stereocenters. The number of carbonyl (C=O) groups is 1. The van der Waals surface area contributed by atoms with Crippen LogP contribution in [0, 0.1) is 0 Å². The number of hydrogen-bond acceptors (Lipinski definition) is 3. The van der Waals surface area contributed by atoms with Gasteiger partial charge in [-0.25, -0.2) is 0 Å². The van der Waals surface area contributed by atoms with Crippen molar-refractivity contribution < 1.29 is 9.53 Å². The van der Waals surface area contributed by atoms with Crippen LogP contribution in [0.2, 0.25) is 0 Å². The van der Waals surface area contributed by atoms with Gasteiger partial charge in [0.05, 0.1) is 11.5 Å². The van der Waals surface area contributed by atoms with Crippen LogP contribution in [0.15, 0.2) is 30.3 Å². The number of rotatable bonds is 3. The third kappa shape index (κ3) is 2.10. The van der Waals surface area contributed by atoms with E-state index in [0.717, 1.165) is 46.9 Å². The van der Waals surface area contributed by atoms with Gasteiger partial charge in [0.15, 0.2) is 0 Å². The molecule has 1 aliphatic carbocycles. The molecular weight excluding hydrogens is 270 g/mol. The lowest BCUT2D eigenvalue weighted by atomic mass is 10.1. The molecule has 0 spiro atoms. The summed E-state index contributed by atoms with van der Waals surface area (Å²) in [5.41, 5.74) is 2.37. The molecule has 2 aromatic rings. The summed E-state index contributed by atoms with van der Waals surface area (Å²) in [7, 11) is 0. The summed E-state index contributed by atoms with van der Waals surface area (Å²) < 4.78 is 5.73. The first-order valence-electron chi connectivity index (χ1n) is 6.97. The summed E-state index contributed by atoms with van der Waals surface area (Å²) in [6.07, 6.45) is 3.21. The molecule has 4 heteroatoms. The van der Waals surface area contributed by atoms with Crippen molar-refractivity contribution in [2.24, 2.45) is 0 Å². The summed E-state index contributed by atoms with van der Waals surface area (Å²) in [5, 5.41) is 3.03. The summed E-state index contributed by atoms with van der Waals surface area (Å²) in [5.74, 6) is 1.04. The number of hydrogen-bond donors (Lipinski definition) is 1. The third-order valence-electron chi connectivity index (χ3n) is 3.72. The first-order chi connectivity index (χ1) is 9.81. The van der Waals surface area contributed by atoms with Crippen molar-refractivity contribution in [1.29, 1.82) is 0 Å². The molecule has 2 aliphatic rings. The highest BCUT2D eigenvalue weighted by atomic mass is 32.1. The quantitative estimate of drug-likeness (QED) is 0.940. The van der Waals surface area contributed by atoms with Gasteiger partial charge in [0, 0.05) is 22.9 Å². The van der Waals surface area contributed by atoms with Crippen LogP contribution in [0.5, 0.6) is 5.75 Å². The minimum atomic E-state index is 0.0530. The Labute approximate surface area is 121 Å². The van der Waals surface area contributed by atoms with Gasteiger partial charge in [0.2, 0.25) is 0 Å². The van der Waals surface area contributed by atoms with Gasteiger partial charge in [-0.1, -0.05) is 12.1 Å². The molecule has 1 aromatic carbocycles. The Hall–Kier alpha value is -1.81. The van der Waals surface area contributed by atoms with E-state index in [2.05, 4.69) is 23.5 Å². The molecule has 1 saturated carbocycles. The van der Waals surface area contributed by atoms with Gasteiger partial charge in [-0.2, -0.15) is 0 Å². The molecule has 0 radical (unpaired) electrons. The molecule has 102 valence electrons. The van der Waals surface area contributed by atoms with Crippen molar-refractivity contribution in [3.63, 3.8) is 0 Å². The van der Waals surface area contributed by atoms with E-state index < -0.39 is 0 Å². The average molecular weight is 285 g/mol. The summed E-state index contributed by atoms with van der Waals surface area (Å²) in [6, 6.07) is 10.6. The first kappa shape index (κ1) is 12.0. The van der Waals surface area contributed by atoms with Gasteiger partial charge in [-0.05, 0) is 36.6 Å². The van der Waals surface area contributed by atoms with Crippen LogP contribution in [0.1, 0.15) is 28.1 Å². The predicted octanol–water partition coefficient (Wildman–Crippen LogP) is 3.24. The monoisotopic (exact) mass is 285 g/mol. The molecule has 1 fully saturated rings. The van der Waals surface area contributed by atoms with E-state index in [1.807, 2.05) is 12.1 Å². The molecule has 1 N–H and O–H groups in total. The molecule has 0 saturated heterocycles. The highest BCUT2D eigenvalue weighted by Gasteiger charge is 2.25. The lowest BCUT2D eigenvalue weighted by Gasteiger charge is -2.05. The van der Waals surface area contributed by atoms with Crippen LogP contribution in [-0.2, 0) is 6.42 Å². The normalized spacial score (nSPS) is 16.6. The van der Waals surface area contributed by atoms with Crippen LogP contribution < -0.4 is 10.1 Å². The number of ether oxygens (including phenoxy) is 1. The predicted molar refractivity (Wildman–Crippen MR) is 79.4 cm³/mol. The number of nitrogens with one attached hydrogen (secondary N) is 1. The molecule has 1 aliphatic heterocycles. The Morgan fingerprint density at radius 3 is 3.00 bits per heavy atom. The van der Waals surface area contributed by atoms with Crippen LogP contribution in [-0.4, -0.2) is 18.6 Å². The molecule has 20 heavy (non-hydrogen) atoms. The van der Waals surface area contributed by atoms with E-state index in [9.17, 15) is 4.79 Å². The van der Waals surface area contributed by atoms with Gasteiger partial charge in [-0.15, -0.1) is 11.3 Å². The Bertz CT molecular complexity index is 673. The molecule has 0 bridgehead atoms. The number of thiophene rings is 1. The van der Waals surface area contributed by atoms with E-state index in [4.69, 9.17) is 4.74 Å². The lowest BCUT2D eigenvalue weighted by molar-refractivity contribution is 0.0955. The van der Waals surface area contributed by atoms with Gasteiger partial charge >= 0.3 is 0 Å². The lowest BCUT2D eigenvalue weighted by Crippen LogP contribution is -2.24. The van der Waals surface area contributed by atoms with Crippen molar-refractivity contribution in [2.45, 2.75) is 25.3 Å². The standard InChI is InChI=1S/C16H15NO2S/c18-16(17-11-4-5-11)14-7-6-13(20-14)12-3-1-2-10-8-9-19-15(10)12/h1-3,6-7,11H,4-5,8-9H2,(H,17,18). The maximum absolute atomic E-state index is 12.0. The second-order valence-corrected chi connectivity index (χ2v) is 6.39. The Morgan fingerprint density at radius 2 is 2.15 bits per heavy atom. The molecule has 3 nitrogen and oxygen atoms in total. The largest absolute Gasteiger partial charge is 0.492 e. The fraction of sp³-hybridized carbons (Fsp3) is 0.312. The van der Waals surface area contributed by atoms with Crippen LogP contribution in [0.3, 0.4) is 0 Å². The molecule has 4 rings (SSSR count). The minimum Gasteiger partial charge on any atom is -0.492 e. The van der Waals surface area contributed by atoms with Crippen molar-refractivity contribution in [3.8, 4) is 16.2 Å².